The fourth-order valence-corrected chi connectivity index (χ4v) is 2.43. The lowest BCUT2D eigenvalue weighted by molar-refractivity contribution is 0.472. The van der Waals surface area contributed by atoms with Crippen molar-refractivity contribution in [2.24, 2.45) is 0 Å². The minimum Gasteiger partial charge on any atom is -0.457 e. The summed E-state index contributed by atoms with van der Waals surface area (Å²) < 4.78 is 7.13. The van der Waals surface area contributed by atoms with Crippen LogP contribution >= 0.6 is 15.9 Å². The number of rotatable bonds is 6. The highest BCUT2D eigenvalue weighted by atomic mass is 79.9. The number of hydrogen-bond donors (Lipinski definition) is 1. The van der Waals surface area contributed by atoms with E-state index < -0.39 is 0 Å². The van der Waals surface area contributed by atoms with E-state index in [4.69, 9.17) is 4.74 Å². The molecule has 0 fully saturated rings. The number of halogens is 1. The molecule has 112 valence electrons. The van der Waals surface area contributed by atoms with Gasteiger partial charge in [0.1, 0.15) is 11.5 Å². The summed E-state index contributed by atoms with van der Waals surface area (Å²) in [7, 11) is 0. The van der Waals surface area contributed by atoms with E-state index >= 15 is 0 Å². The largest absolute Gasteiger partial charge is 0.457 e. The number of ether oxygens (including phenoxy) is 1. The average Bonchev–Trinajstić information content (AvgIpc) is 2.47. The first-order valence-electron chi connectivity index (χ1n) is 7.37. The zero-order chi connectivity index (χ0) is 15.2. The normalized spacial score (nSPS) is 10.9. The molecule has 3 heteroatoms. The van der Waals surface area contributed by atoms with Crippen molar-refractivity contribution in [1.82, 2.24) is 5.32 Å². The van der Waals surface area contributed by atoms with Gasteiger partial charge in [-0.2, -0.15) is 0 Å². The van der Waals surface area contributed by atoms with Gasteiger partial charge in [0.15, 0.2) is 0 Å². The highest BCUT2D eigenvalue weighted by Gasteiger charge is 2.07. The monoisotopic (exact) mass is 347 g/mol. The predicted molar refractivity (Wildman–Crippen MR) is 92.1 cm³/mol. The van der Waals surface area contributed by atoms with Gasteiger partial charge in [0.2, 0.25) is 0 Å². The second-order valence-electron chi connectivity index (χ2n) is 5.36. The van der Waals surface area contributed by atoms with Gasteiger partial charge in [-0.25, -0.2) is 0 Å². The van der Waals surface area contributed by atoms with E-state index in [1.165, 1.54) is 5.56 Å². The number of hydrogen-bond acceptors (Lipinski definition) is 2. The van der Waals surface area contributed by atoms with E-state index in [0.29, 0.717) is 5.92 Å². The Labute approximate surface area is 135 Å². The second kappa shape index (κ2) is 7.62. The highest BCUT2D eigenvalue weighted by molar-refractivity contribution is 9.10. The molecule has 2 nitrogen and oxygen atoms in total. The van der Waals surface area contributed by atoms with Crippen molar-refractivity contribution in [2.75, 3.05) is 6.54 Å². The van der Waals surface area contributed by atoms with E-state index in [0.717, 1.165) is 34.6 Å². The lowest BCUT2D eigenvalue weighted by Gasteiger charge is -2.14. The molecule has 0 atom stereocenters. The Kier molecular flexibility index (Phi) is 5.83. The summed E-state index contributed by atoms with van der Waals surface area (Å²) in [5.41, 5.74) is 2.45. The minimum atomic E-state index is 0.497. The van der Waals surface area contributed by atoms with Crippen LogP contribution < -0.4 is 10.1 Å². The van der Waals surface area contributed by atoms with Gasteiger partial charge in [0.25, 0.3) is 0 Å². The molecule has 0 unspecified atom stereocenters. The first-order valence-corrected chi connectivity index (χ1v) is 8.16. The Bertz CT molecular complexity index is 596. The van der Waals surface area contributed by atoms with Gasteiger partial charge in [-0.15, -0.1) is 0 Å². The quantitative estimate of drug-likeness (QED) is 0.747. The Balaban J connectivity index is 2.25. The molecule has 0 amide bonds. The van der Waals surface area contributed by atoms with E-state index in [1.54, 1.807) is 0 Å². The maximum atomic E-state index is 6.11. The summed E-state index contributed by atoms with van der Waals surface area (Å²) in [6.07, 6.45) is 0. The molecule has 2 aromatic rings. The lowest BCUT2D eigenvalue weighted by Crippen LogP contribution is -2.12. The van der Waals surface area contributed by atoms with Gasteiger partial charge in [-0.1, -0.05) is 54.9 Å². The average molecular weight is 348 g/mol. The second-order valence-corrected chi connectivity index (χ2v) is 6.28. The molecule has 0 bridgehead atoms. The molecule has 0 saturated carbocycles. The van der Waals surface area contributed by atoms with E-state index in [2.05, 4.69) is 60.2 Å². The van der Waals surface area contributed by atoms with Crippen LogP contribution in [0.5, 0.6) is 11.5 Å². The third-order valence-electron chi connectivity index (χ3n) is 3.35. The standard InChI is InChI=1S/C18H22BrNO/c1-4-20-12-15-8-9-16(19)11-18(15)21-17-7-5-6-14(10-17)13(2)3/h5-11,13,20H,4,12H2,1-3H3. The zero-order valence-electron chi connectivity index (χ0n) is 12.8. The van der Waals surface area contributed by atoms with Crippen LogP contribution in [0.25, 0.3) is 0 Å². The smallest absolute Gasteiger partial charge is 0.133 e. The third-order valence-corrected chi connectivity index (χ3v) is 3.84. The predicted octanol–water partition coefficient (Wildman–Crippen LogP) is 5.47. The van der Waals surface area contributed by atoms with Gasteiger partial charge in [0, 0.05) is 16.6 Å². The van der Waals surface area contributed by atoms with Crippen LogP contribution in [0.2, 0.25) is 0 Å². The third kappa shape index (κ3) is 4.58. The molecule has 0 aliphatic carbocycles. The van der Waals surface area contributed by atoms with E-state index in [1.807, 2.05) is 24.3 Å². The molecular weight excluding hydrogens is 326 g/mol. The van der Waals surface area contributed by atoms with Crippen molar-refractivity contribution in [3.05, 3.63) is 58.1 Å². The maximum Gasteiger partial charge on any atom is 0.133 e. The molecule has 0 aromatic heterocycles. The summed E-state index contributed by atoms with van der Waals surface area (Å²) in [5.74, 6) is 2.28. The fraction of sp³-hybridized carbons (Fsp3) is 0.333. The summed E-state index contributed by atoms with van der Waals surface area (Å²) in [4.78, 5) is 0. The van der Waals surface area contributed by atoms with Crippen LogP contribution in [0.4, 0.5) is 0 Å². The highest BCUT2D eigenvalue weighted by Crippen LogP contribution is 2.30. The Morgan fingerprint density at radius 3 is 2.67 bits per heavy atom. The first-order chi connectivity index (χ1) is 10.1. The first kappa shape index (κ1) is 16.1. The molecule has 0 aliphatic heterocycles. The minimum absolute atomic E-state index is 0.497. The molecule has 2 rings (SSSR count). The van der Waals surface area contributed by atoms with Crippen LogP contribution in [0.3, 0.4) is 0 Å². The Morgan fingerprint density at radius 2 is 1.95 bits per heavy atom. The number of benzene rings is 2. The summed E-state index contributed by atoms with van der Waals surface area (Å²) >= 11 is 3.52. The van der Waals surface area contributed by atoms with Crippen molar-refractivity contribution < 1.29 is 4.74 Å². The molecular formula is C18H22BrNO. The van der Waals surface area contributed by atoms with Gasteiger partial charge in [-0.3, -0.25) is 0 Å². The van der Waals surface area contributed by atoms with Crippen molar-refractivity contribution in [3.8, 4) is 11.5 Å². The van der Waals surface area contributed by atoms with E-state index in [9.17, 15) is 0 Å². The molecule has 0 heterocycles. The van der Waals surface area contributed by atoms with Crippen LogP contribution in [0.1, 0.15) is 37.8 Å². The number of nitrogens with one attached hydrogen (secondary N) is 1. The fourth-order valence-electron chi connectivity index (χ4n) is 2.09. The lowest BCUT2D eigenvalue weighted by atomic mass is 10.0. The topological polar surface area (TPSA) is 21.3 Å². The van der Waals surface area contributed by atoms with Gasteiger partial charge >= 0.3 is 0 Å². The van der Waals surface area contributed by atoms with Crippen molar-refractivity contribution >= 4 is 15.9 Å². The Hall–Kier alpha value is -1.32. The molecule has 2 aromatic carbocycles. The summed E-state index contributed by atoms with van der Waals surface area (Å²) in [5, 5.41) is 3.34. The molecule has 21 heavy (non-hydrogen) atoms. The van der Waals surface area contributed by atoms with Crippen molar-refractivity contribution in [1.29, 1.82) is 0 Å². The SMILES string of the molecule is CCNCc1ccc(Br)cc1Oc1cccc(C(C)C)c1. The van der Waals surface area contributed by atoms with Crippen molar-refractivity contribution in [2.45, 2.75) is 33.2 Å². The molecule has 0 saturated heterocycles. The molecule has 0 radical (unpaired) electrons. The van der Waals surface area contributed by atoms with Gasteiger partial charge in [-0.05, 0) is 42.3 Å². The zero-order valence-corrected chi connectivity index (χ0v) is 14.4. The van der Waals surface area contributed by atoms with Crippen LogP contribution in [0, 0.1) is 0 Å². The van der Waals surface area contributed by atoms with Crippen LogP contribution in [-0.2, 0) is 6.54 Å². The van der Waals surface area contributed by atoms with Gasteiger partial charge < -0.3 is 10.1 Å². The molecule has 0 spiro atoms. The summed E-state index contributed by atoms with van der Waals surface area (Å²) in [6, 6.07) is 14.5. The van der Waals surface area contributed by atoms with Crippen LogP contribution in [0.15, 0.2) is 46.9 Å². The molecule has 1 N–H and O–H groups in total. The maximum absolute atomic E-state index is 6.11. The van der Waals surface area contributed by atoms with E-state index in [-0.39, 0.29) is 0 Å². The summed E-state index contributed by atoms with van der Waals surface area (Å²) in [6.45, 7) is 8.23. The Morgan fingerprint density at radius 1 is 1.14 bits per heavy atom. The van der Waals surface area contributed by atoms with Crippen LogP contribution in [-0.4, -0.2) is 6.54 Å². The molecule has 0 aliphatic rings. The van der Waals surface area contributed by atoms with Crippen molar-refractivity contribution in [3.63, 3.8) is 0 Å². The van der Waals surface area contributed by atoms with Gasteiger partial charge in [0.05, 0.1) is 0 Å².